The van der Waals surface area contributed by atoms with Crippen LogP contribution >= 0.6 is 0 Å². The van der Waals surface area contributed by atoms with E-state index >= 15 is 0 Å². The van der Waals surface area contributed by atoms with E-state index in [1.165, 1.54) is 0 Å². The number of para-hydroxylation sites is 1. The van der Waals surface area contributed by atoms with Crippen LogP contribution in [0.25, 0.3) is 5.69 Å². The zero-order valence-corrected chi connectivity index (χ0v) is 19.3. The van der Waals surface area contributed by atoms with Gasteiger partial charge in [0, 0.05) is 18.1 Å². The number of amides is 3. The second-order valence-electron chi connectivity index (χ2n) is 8.10. The van der Waals surface area contributed by atoms with Gasteiger partial charge in [-0.15, -0.1) is 0 Å². The molecular weight excluding hydrogens is 442 g/mol. The molecule has 1 aromatic heterocycles. The maximum absolute atomic E-state index is 12.9. The number of nitrogens with two attached hydrogens (primary N) is 1. The van der Waals surface area contributed by atoms with Crippen LogP contribution in [0.3, 0.4) is 0 Å². The van der Waals surface area contributed by atoms with Crippen LogP contribution in [0.1, 0.15) is 36.6 Å². The molecule has 0 radical (unpaired) electrons. The predicted molar refractivity (Wildman–Crippen MR) is 133 cm³/mol. The van der Waals surface area contributed by atoms with Crippen molar-refractivity contribution in [2.24, 2.45) is 5.73 Å². The van der Waals surface area contributed by atoms with E-state index in [-0.39, 0.29) is 18.4 Å². The van der Waals surface area contributed by atoms with Gasteiger partial charge in [-0.3, -0.25) is 4.79 Å². The summed E-state index contributed by atoms with van der Waals surface area (Å²) >= 11 is 0. The highest BCUT2D eigenvalue weighted by atomic mass is 16.5. The number of nitrogens with one attached hydrogen (secondary N) is 2. The number of hydrogen-bond acceptors (Lipinski definition) is 4. The number of carbonyl (C=O) groups is 2. The van der Waals surface area contributed by atoms with E-state index in [0.717, 1.165) is 11.3 Å². The summed E-state index contributed by atoms with van der Waals surface area (Å²) < 4.78 is 7.79. The average Bonchev–Trinajstić information content (AvgIpc) is 3.39. The summed E-state index contributed by atoms with van der Waals surface area (Å²) in [5.74, 6) is 1.07. The Hall–Kier alpha value is -4.59. The van der Waals surface area contributed by atoms with Crippen molar-refractivity contribution in [1.29, 1.82) is 0 Å². The fourth-order valence-corrected chi connectivity index (χ4v) is 3.76. The summed E-state index contributed by atoms with van der Waals surface area (Å²) in [7, 11) is 0. The van der Waals surface area contributed by atoms with Gasteiger partial charge < -0.3 is 25.7 Å². The molecule has 0 aliphatic rings. The molecule has 2 atom stereocenters. The Morgan fingerprint density at radius 3 is 2.37 bits per heavy atom. The lowest BCUT2D eigenvalue weighted by Crippen LogP contribution is -2.37. The number of aromatic nitrogens is 2. The molecule has 0 bridgehead atoms. The predicted octanol–water partition coefficient (Wildman–Crippen LogP) is 4.64. The van der Waals surface area contributed by atoms with Gasteiger partial charge >= 0.3 is 6.03 Å². The van der Waals surface area contributed by atoms with E-state index in [1.54, 1.807) is 18.6 Å². The first kappa shape index (κ1) is 23.6. The van der Waals surface area contributed by atoms with Gasteiger partial charge in [-0.2, -0.15) is 0 Å². The molecule has 0 aliphatic carbocycles. The molecular formula is C27H27N5O3. The van der Waals surface area contributed by atoms with Crippen molar-refractivity contribution < 1.29 is 14.3 Å². The Morgan fingerprint density at radius 2 is 1.69 bits per heavy atom. The smallest absolute Gasteiger partial charge is 0.312 e. The normalized spacial score (nSPS) is 12.4. The van der Waals surface area contributed by atoms with Crippen molar-refractivity contribution in [3.8, 4) is 17.2 Å². The summed E-state index contributed by atoms with van der Waals surface area (Å²) in [5.41, 5.74) is 8.05. The van der Waals surface area contributed by atoms with E-state index in [0.29, 0.717) is 17.1 Å². The molecule has 8 nitrogen and oxygen atoms in total. The van der Waals surface area contributed by atoms with E-state index in [9.17, 15) is 9.59 Å². The summed E-state index contributed by atoms with van der Waals surface area (Å²) in [4.78, 5) is 28.6. The van der Waals surface area contributed by atoms with Crippen LogP contribution in [0, 0.1) is 0 Å². The number of ether oxygens (including phenoxy) is 1. The molecule has 0 saturated heterocycles. The monoisotopic (exact) mass is 469 g/mol. The quantitative estimate of drug-likeness (QED) is 0.331. The number of imidazole rings is 1. The number of hydrogen-bond donors (Lipinski definition) is 3. The zero-order valence-electron chi connectivity index (χ0n) is 19.3. The molecule has 0 unspecified atom stereocenters. The maximum Gasteiger partial charge on any atom is 0.312 e. The van der Waals surface area contributed by atoms with Crippen molar-refractivity contribution in [2.75, 3.05) is 0 Å². The maximum atomic E-state index is 12.9. The minimum Gasteiger partial charge on any atom is -0.457 e. The SMILES string of the molecule is C[C@@H](NC(=O)C[C@@H](NC(N)=O)c1cccc(Oc2ccccc2)c1)c1ccc(-n2ccnc2)cc1. The third-order valence-electron chi connectivity index (χ3n) is 5.52. The standard InChI is InChI=1S/C27H27N5O3/c1-19(20-10-12-22(13-11-20)32-15-14-29-18-32)30-26(33)17-25(31-27(28)34)21-6-5-9-24(16-21)35-23-7-3-2-4-8-23/h2-16,18-19,25H,17H2,1H3,(H,30,33)(H3,28,31,34)/t19-,25-/m1/s1. The van der Waals surface area contributed by atoms with Gasteiger partial charge in [-0.1, -0.05) is 42.5 Å². The van der Waals surface area contributed by atoms with Crippen molar-refractivity contribution >= 4 is 11.9 Å². The Bertz CT molecular complexity index is 1260. The van der Waals surface area contributed by atoms with Crippen LogP contribution in [0.5, 0.6) is 11.5 Å². The second-order valence-corrected chi connectivity index (χ2v) is 8.10. The molecule has 4 rings (SSSR count). The number of urea groups is 1. The first-order valence-corrected chi connectivity index (χ1v) is 11.2. The summed E-state index contributed by atoms with van der Waals surface area (Å²) in [5, 5.41) is 5.66. The number of carbonyl (C=O) groups excluding carboxylic acids is 2. The minimum atomic E-state index is -0.708. The molecule has 8 heteroatoms. The Balaban J connectivity index is 1.42. The van der Waals surface area contributed by atoms with Crippen LogP contribution in [0.2, 0.25) is 0 Å². The number of benzene rings is 3. The molecule has 0 spiro atoms. The number of rotatable bonds is 9. The molecule has 178 valence electrons. The third kappa shape index (κ3) is 6.48. The molecule has 35 heavy (non-hydrogen) atoms. The third-order valence-corrected chi connectivity index (χ3v) is 5.52. The Morgan fingerprint density at radius 1 is 0.943 bits per heavy atom. The first-order valence-electron chi connectivity index (χ1n) is 11.2. The van der Waals surface area contributed by atoms with Crippen molar-refractivity contribution in [3.05, 3.63) is 109 Å². The lowest BCUT2D eigenvalue weighted by atomic mass is 10.0. The van der Waals surface area contributed by atoms with E-state index in [1.807, 2.05) is 90.5 Å². The fourth-order valence-electron chi connectivity index (χ4n) is 3.76. The van der Waals surface area contributed by atoms with Crippen LogP contribution in [-0.4, -0.2) is 21.5 Å². The highest BCUT2D eigenvalue weighted by Crippen LogP contribution is 2.26. The first-order chi connectivity index (χ1) is 17.0. The fraction of sp³-hybridized carbons (Fsp3) is 0.148. The largest absolute Gasteiger partial charge is 0.457 e. The number of primary amides is 1. The molecule has 0 fully saturated rings. The topological polar surface area (TPSA) is 111 Å². The summed E-state index contributed by atoms with van der Waals surface area (Å²) in [6.45, 7) is 1.91. The highest BCUT2D eigenvalue weighted by molar-refractivity contribution is 5.79. The van der Waals surface area contributed by atoms with Crippen molar-refractivity contribution in [2.45, 2.75) is 25.4 Å². The molecule has 0 aliphatic heterocycles. The Labute approximate surface area is 203 Å². The lowest BCUT2D eigenvalue weighted by Gasteiger charge is -2.21. The van der Waals surface area contributed by atoms with Gasteiger partial charge in [0.15, 0.2) is 0 Å². The van der Waals surface area contributed by atoms with Crippen LogP contribution in [-0.2, 0) is 4.79 Å². The molecule has 3 amide bonds. The van der Waals surface area contributed by atoms with Gasteiger partial charge in [0.1, 0.15) is 11.5 Å². The van der Waals surface area contributed by atoms with Crippen LogP contribution < -0.4 is 21.1 Å². The summed E-state index contributed by atoms with van der Waals surface area (Å²) in [6.07, 6.45) is 5.34. The Kier molecular flexibility index (Phi) is 7.42. The van der Waals surface area contributed by atoms with Crippen molar-refractivity contribution in [1.82, 2.24) is 20.2 Å². The van der Waals surface area contributed by atoms with Crippen LogP contribution in [0.15, 0.2) is 97.6 Å². The second kappa shape index (κ2) is 11.0. The number of nitrogens with zero attached hydrogens (tertiary/aromatic N) is 2. The molecule has 4 aromatic rings. The highest BCUT2D eigenvalue weighted by Gasteiger charge is 2.20. The van der Waals surface area contributed by atoms with E-state index in [4.69, 9.17) is 10.5 Å². The van der Waals surface area contributed by atoms with Crippen molar-refractivity contribution in [3.63, 3.8) is 0 Å². The molecule has 0 saturated carbocycles. The zero-order chi connectivity index (χ0) is 24.6. The van der Waals surface area contributed by atoms with E-state index in [2.05, 4.69) is 15.6 Å². The van der Waals surface area contributed by atoms with Crippen LogP contribution in [0.4, 0.5) is 4.79 Å². The molecule has 1 heterocycles. The van der Waals surface area contributed by atoms with Gasteiger partial charge in [0.25, 0.3) is 0 Å². The molecule has 3 aromatic carbocycles. The summed E-state index contributed by atoms with van der Waals surface area (Å²) in [6, 6.07) is 22.9. The van der Waals surface area contributed by atoms with Gasteiger partial charge in [-0.05, 0) is 54.4 Å². The van der Waals surface area contributed by atoms with Gasteiger partial charge in [-0.25, -0.2) is 9.78 Å². The van der Waals surface area contributed by atoms with Gasteiger partial charge in [0.05, 0.1) is 24.8 Å². The van der Waals surface area contributed by atoms with E-state index < -0.39 is 12.1 Å². The lowest BCUT2D eigenvalue weighted by molar-refractivity contribution is -0.122. The average molecular weight is 470 g/mol. The molecule has 4 N–H and O–H groups in total. The van der Waals surface area contributed by atoms with Gasteiger partial charge in [0.2, 0.25) is 5.91 Å². The minimum absolute atomic E-state index is 0.0230.